The summed E-state index contributed by atoms with van der Waals surface area (Å²) >= 11 is 0. The molecule has 2 fully saturated rings. The van der Waals surface area contributed by atoms with E-state index in [9.17, 15) is 14.4 Å². The molecule has 2 aliphatic carbocycles. The molecule has 12 heteroatoms. The first-order valence-electron chi connectivity index (χ1n) is 15.8. The highest BCUT2D eigenvalue weighted by Crippen LogP contribution is 2.49. The molecule has 46 heavy (non-hydrogen) atoms. The van der Waals surface area contributed by atoms with Gasteiger partial charge in [-0.2, -0.15) is 4.80 Å². The lowest BCUT2D eigenvalue weighted by Gasteiger charge is -2.36. The van der Waals surface area contributed by atoms with Crippen LogP contribution in [-0.2, 0) is 30.1 Å². The Labute approximate surface area is 269 Å². The van der Waals surface area contributed by atoms with E-state index >= 15 is 0 Å². The minimum Gasteiger partial charge on any atom is -0.345 e. The molecule has 1 aliphatic heterocycles. The van der Waals surface area contributed by atoms with Gasteiger partial charge < -0.3 is 15.1 Å². The van der Waals surface area contributed by atoms with Crippen molar-refractivity contribution < 1.29 is 14.4 Å². The van der Waals surface area contributed by atoms with Crippen LogP contribution in [-0.4, -0.2) is 106 Å². The molecule has 0 spiro atoms. The highest BCUT2D eigenvalue weighted by atomic mass is 16.2. The largest absolute Gasteiger partial charge is 0.345 e. The molecule has 240 valence electrons. The first-order chi connectivity index (χ1) is 21.9. The van der Waals surface area contributed by atoms with Gasteiger partial charge >= 0.3 is 6.17 Å². The van der Waals surface area contributed by atoms with Crippen LogP contribution in [0.25, 0.3) is 4.85 Å². The molecular formula is C34H41N9O3. The van der Waals surface area contributed by atoms with Crippen molar-refractivity contribution in [3.05, 3.63) is 87.0 Å². The summed E-state index contributed by atoms with van der Waals surface area (Å²) in [6.07, 6.45) is 3.15. The van der Waals surface area contributed by atoms with Gasteiger partial charge in [0.25, 0.3) is 11.8 Å². The molecule has 3 aliphatic rings. The van der Waals surface area contributed by atoms with Crippen LogP contribution in [0.4, 0.5) is 0 Å². The van der Waals surface area contributed by atoms with E-state index in [0.29, 0.717) is 42.1 Å². The van der Waals surface area contributed by atoms with Crippen molar-refractivity contribution in [1.82, 2.24) is 40.2 Å². The number of tetrazole rings is 1. The lowest BCUT2D eigenvalue weighted by Crippen LogP contribution is -2.46. The van der Waals surface area contributed by atoms with E-state index in [2.05, 4.69) is 20.5 Å². The molecule has 1 saturated carbocycles. The van der Waals surface area contributed by atoms with Crippen molar-refractivity contribution in [2.75, 3.05) is 34.7 Å². The van der Waals surface area contributed by atoms with E-state index in [0.717, 1.165) is 35.1 Å². The lowest BCUT2D eigenvalue weighted by atomic mass is 9.67. The first-order valence-corrected chi connectivity index (χ1v) is 15.8. The number of nitrogens with one attached hydrogen (secondary N) is 1. The molecule has 2 heterocycles. The molecule has 6 rings (SSSR count). The zero-order chi connectivity index (χ0) is 32.9. The fourth-order valence-corrected chi connectivity index (χ4v) is 7.42. The third-order valence-corrected chi connectivity index (χ3v) is 9.72. The van der Waals surface area contributed by atoms with Crippen molar-refractivity contribution in [2.24, 2.45) is 13.0 Å². The number of benzene rings is 2. The number of rotatable bonds is 8. The molecule has 2 aromatic carbocycles. The number of hydrogen-bond acceptors (Lipinski definition) is 7. The van der Waals surface area contributed by atoms with Crippen molar-refractivity contribution in [3.63, 3.8) is 0 Å². The average molecular weight is 624 g/mol. The van der Waals surface area contributed by atoms with Crippen molar-refractivity contribution in [3.8, 4) is 0 Å². The first kappa shape index (κ1) is 31.4. The topological polar surface area (TPSA) is 121 Å². The Bertz CT molecular complexity index is 1670. The predicted octanol–water partition coefficient (Wildman–Crippen LogP) is 2.28. The summed E-state index contributed by atoms with van der Waals surface area (Å²) in [5.74, 6) is 0.741. The standard InChI is InChI=1S/C34H41N9O3/c1-20(36-19-30(44)43-28-16-25(28)17-29(43)35-2)18-34(33-37-39-42(7)38-33)26-12-10-23(31(45)40(3)4)14-21(26)8-9-22-15-24(11-13-27(22)34)32(46)41(5)6/h10-15,20,25,28-29,36H,8-9,16-19H2,1,3-7H3/t20-,25-,28-,29-/m0/s1. The Balaban J connectivity index is 1.44. The number of likely N-dealkylation sites (tertiary alicyclic amines) is 1. The quantitative estimate of drug-likeness (QED) is 0.383. The normalized spacial score (nSPS) is 21.2. The fraction of sp³-hybridized carbons (Fsp3) is 0.500. The number of amides is 3. The maximum absolute atomic E-state index is 13.4. The van der Waals surface area contributed by atoms with Crippen molar-refractivity contribution in [1.29, 1.82) is 0 Å². The summed E-state index contributed by atoms with van der Waals surface area (Å²) in [5, 5.41) is 17.1. The monoisotopic (exact) mass is 623 g/mol. The number of carbonyl (C=O) groups is 3. The number of aryl methyl sites for hydroxylation is 3. The van der Waals surface area contributed by atoms with Crippen LogP contribution in [0.5, 0.6) is 0 Å². The number of aromatic nitrogens is 4. The van der Waals surface area contributed by atoms with Gasteiger partial charge in [-0.25, -0.2) is 6.57 Å². The fourth-order valence-electron chi connectivity index (χ4n) is 7.42. The summed E-state index contributed by atoms with van der Waals surface area (Å²) in [5.41, 5.74) is 4.21. The van der Waals surface area contributed by atoms with Crippen LogP contribution >= 0.6 is 0 Å². The molecule has 0 unspecified atom stereocenters. The third kappa shape index (κ3) is 5.42. The SMILES string of the molecule is [C-]#[N+][C@@H]1C[C@@H]2C[C@@H]2N1C(=O)CN[C@@H](C)CC1(c2nnn(C)n2)c2ccc(C(=O)N(C)C)cc2CCc2cc(C(=O)N(C)C)ccc21. The van der Waals surface area contributed by atoms with Crippen molar-refractivity contribution >= 4 is 17.7 Å². The zero-order valence-corrected chi connectivity index (χ0v) is 27.3. The maximum atomic E-state index is 13.4. The highest BCUT2D eigenvalue weighted by molar-refractivity contribution is 5.95. The number of nitrogens with zero attached hydrogens (tertiary/aromatic N) is 8. The molecular weight excluding hydrogens is 582 g/mol. The van der Waals surface area contributed by atoms with E-state index in [1.165, 1.54) is 4.80 Å². The molecule has 1 N–H and O–H groups in total. The minimum absolute atomic E-state index is 0.0510. The van der Waals surface area contributed by atoms with Crippen molar-refractivity contribution in [2.45, 2.75) is 62.7 Å². The Morgan fingerprint density at radius 1 is 1.00 bits per heavy atom. The molecule has 3 amide bonds. The molecule has 0 radical (unpaired) electrons. The van der Waals surface area contributed by atoms with Gasteiger partial charge in [0, 0.05) is 57.8 Å². The van der Waals surface area contributed by atoms with Crippen LogP contribution in [0.2, 0.25) is 0 Å². The van der Waals surface area contributed by atoms with Gasteiger partial charge in [-0.05, 0) is 90.3 Å². The van der Waals surface area contributed by atoms with E-state index in [1.807, 2.05) is 43.3 Å². The molecule has 12 nitrogen and oxygen atoms in total. The molecule has 3 aromatic rings. The van der Waals surface area contributed by atoms with Crippen LogP contribution in [0.15, 0.2) is 36.4 Å². The second kappa shape index (κ2) is 11.9. The molecule has 4 atom stereocenters. The smallest absolute Gasteiger partial charge is 0.301 e. The Kier molecular flexibility index (Phi) is 8.14. The van der Waals surface area contributed by atoms with Gasteiger partial charge in [-0.3, -0.25) is 24.1 Å². The number of hydrogen-bond donors (Lipinski definition) is 1. The average Bonchev–Trinajstić information content (AvgIpc) is 3.53. The van der Waals surface area contributed by atoms with Gasteiger partial charge in [0.2, 0.25) is 5.91 Å². The summed E-state index contributed by atoms with van der Waals surface area (Å²) in [6, 6.07) is 11.6. The van der Waals surface area contributed by atoms with E-state index in [1.54, 1.807) is 49.9 Å². The maximum Gasteiger partial charge on any atom is 0.301 e. The number of carbonyl (C=O) groups excluding carboxylic acids is 3. The van der Waals surface area contributed by atoms with Gasteiger partial charge in [0.15, 0.2) is 5.82 Å². The molecule has 0 bridgehead atoms. The Morgan fingerprint density at radius 2 is 1.59 bits per heavy atom. The van der Waals surface area contributed by atoms with Gasteiger partial charge in [-0.15, -0.1) is 10.2 Å². The zero-order valence-electron chi connectivity index (χ0n) is 27.3. The summed E-state index contributed by atoms with van der Waals surface area (Å²) in [4.78, 5) is 49.5. The predicted molar refractivity (Wildman–Crippen MR) is 171 cm³/mol. The summed E-state index contributed by atoms with van der Waals surface area (Å²) < 4.78 is 0. The number of piperidine rings is 1. The van der Waals surface area contributed by atoms with Gasteiger partial charge in [0.1, 0.15) is 0 Å². The van der Waals surface area contributed by atoms with Gasteiger partial charge in [0.05, 0.1) is 19.0 Å². The van der Waals surface area contributed by atoms with Crippen LogP contribution in [0, 0.1) is 12.5 Å². The third-order valence-electron chi connectivity index (χ3n) is 9.72. The Hall–Kier alpha value is -4.63. The lowest BCUT2D eigenvalue weighted by molar-refractivity contribution is -0.131. The van der Waals surface area contributed by atoms with Crippen LogP contribution in [0.3, 0.4) is 0 Å². The molecule has 1 saturated heterocycles. The second-order valence-electron chi connectivity index (χ2n) is 13.3. The van der Waals surface area contributed by atoms with E-state index < -0.39 is 5.41 Å². The second-order valence-corrected chi connectivity index (χ2v) is 13.3. The highest BCUT2D eigenvalue weighted by Gasteiger charge is 2.57. The Morgan fingerprint density at radius 3 is 2.09 bits per heavy atom. The summed E-state index contributed by atoms with van der Waals surface area (Å²) in [7, 11) is 8.68. The number of fused-ring (bicyclic) bond motifs is 3. The minimum atomic E-state index is -0.904. The van der Waals surface area contributed by atoms with E-state index in [4.69, 9.17) is 11.7 Å². The van der Waals surface area contributed by atoms with Crippen LogP contribution in [0.1, 0.15) is 75.0 Å². The summed E-state index contributed by atoms with van der Waals surface area (Å²) in [6.45, 7) is 9.73. The van der Waals surface area contributed by atoms with Crippen LogP contribution < -0.4 is 5.32 Å². The van der Waals surface area contributed by atoms with E-state index in [-0.39, 0.29) is 42.5 Å². The molecule has 1 aromatic heterocycles. The van der Waals surface area contributed by atoms with Gasteiger partial charge in [-0.1, -0.05) is 12.1 Å².